The van der Waals surface area contributed by atoms with E-state index < -0.39 is 0 Å². The van der Waals surface area contributed by atoms with Gasteiger partial charge in [-0.3, -0.25) is 9.69 Å². The fourth-order valence-electron chi connectivity index (χ4n) is 3.60. The molecule has 2 heterocycles. The van der Waals surface area contributed by atoms with Crippen LogP contribution in [0.1, 0.15) is 18.9 Å². The van der Waals surface area contributed by atoms with Crippen molar-refractivity contribution >= 4 is 42.5 Å². The Morgan fingerprint density at radius 3 is 2.64 bits per heavy atom. The Balaban J connectivity index is 0.00000196. The first kappa shape index (κ1) is 25.5. The van der Waals surface area contributed by atoms with Crippen LogP contribution in [0, 0.1) is 0 Å². The second-order valence-corrected chi connectivity index (χ2v) is 8.35. The average Bonchev–Trinajstić information content (AvgIpc) is 2.68. The van der Waals surface area contributed by atoms with Crippen LogP contribution in [-0.2, 0) is 16.1 Å². The summed E-state index contributed by atoms with van der Waals surface area (Å²) in [5.74, 6) is 2.43. The van der Waals surface area contributed by atoms with E-state index in [4.69, 9.17) is 4.74 Å². The summed E-state index contributed by atoms with van der Waals surface area (Å²) < 4.78 is 5.45. The molecular weight excluding hydrogens is 417 g/mol. The van der Waals surface area contributed by atoms with Gasteiger partial charge in [-0.1, -0.05) is 30.3 Å². The van der Waals surface area contributed by atoms with E-state index in [1.54, 1.807) is 0 Å². The number of morpholine rings is 1. The molecule has 2 aliphatic heterocycles. The lowest BCUT2D eigenvalue weighted by atomic mass is 10.1. The highest BCUT2D eigenvalue weighted by atomic mass is 35.5. The SMILES string of the molecule is CC(CN1CCOCC1)N(Cc1ccccc1)C(=O)CC1CSCCN1.Cl.Cl. The molecule has 2 aliphatic rings. The molecule has 160 valence electrons. The number of carbonyl (C=O) groups excluding carboxylic acids is 1. The highest BCUT2D eigenvalue weighted by molar-refractivity contribution is 7.99. The molecule has 0 spiro atoms. The van der Waals surface area contributed by atoms with Gasteiger partial charge in [-0.2, -0.15) is 11.8 Å². The van der Waals surface area contributed by atoms with Crippen molar-refractivity contribution in [3.05, 3.63) is 35.9 Å². The lowest BCUT2D eigenvalue weighted by Crippen LogP contribution is -2.49. The fraction of sp³-hybridized carbons (Fsp3) is 0.650. The molecule has 2 atom stereocenters. The molecule has 1 aromatic carbocycles. The molecule has 2 saturated heterocycles. The number of amides is 1. The van der Waals surface area contributed by atoms with Gasteiger partial charge in [0.05, 0.1) is 13.2 Å². The molecule has 0 saturated carbocycles. The first-order chi connectivity index (χ1) is 12.7. The van der Waals surface area contributed by atoms with Crippen molar-refractivity contribution in [3.8, 4) is 0 Å². The van der Waals surface area contributed by atoms with Crippen molar-refractivity contribution in [2.75, 3.05) is 50.9 Å². The van der Waals surface area contributed by atoms with Crippen molar-refractivity contribution in [2.45, 2.75) is 32.0 Å². The maximum Gasteiger partial charge on any atom is 0.224 e. The zero-order chi connectivity index (χ0) is 18.2. The minimum absolute atomic E-state index is 0. The van der Waals surface area contributed by atoms with Crippen molar-refractivity contribution < 1.29 is 9.53 Å². The Kier molecular flexibility index (Phi) is 12.5. The number of ether oxygens (including phenoxy) is 1. The van der Waals surface area contributed by atoms with Crippen molar-refractivity contribution in [2.24, 2.45) is 0 Å². The number of hydrogen-bond donors (Lipinski definition) is 1. The van der Waals surface area contributed by atoms with E-state index in [-0.39, 0.29) is 36.8 Å². The fourth-order valence-corrected chi connectivity index (χ4v) is 4.55. The third kappa shape index (κ3) is 8.09. The highest BCUT2D eigenvalue weighted by Crippen LogP contribution is 2.16. The summed E-state index contributed by atoms with van der Waals surface area (Å²) >= 11 is 1.94. The van der Waals surface area contributed by atoms with E-state index in [2.05, 4.69) is 34.2 Å². The molecule has 1 N–H and O–H groups in total. The summed E-state index contributed by atoms with van der Waals surface area (Å²) in [6, 6.07) is 10.8. The van der Waals surface area contributed by atoms with Crippen LogP contribution < -0.4 is 5.32 Å². The van der Waals surface area contributed by atoms with Crippen molar-refractivity contribution in [1.82, 2.24) is 15.1 Å². The van der Waals surface area contributed by atoms with Crippen LogP contribution in [0.2, 0.25) is 0 Å². The van der Waals surface area contributed by atoms with Gasteiger partial charge in [0.2, 0.25) is 5.91 Å². The minimum atomic E-state index is 0. The number of hydrogen-bond acceptors (Lipinski definition) is 5. The summed E-state index contributed by atoms with van der Waals surface area (Å²) in [6.07, 6.45) is 0.591. The molecule has 2 fully saturated rings. The number of nitrogens with one attached hydrogen (secondary N) is 1. The summed E-state index contributed by atoms with van der Waals surface area (Å²) in [7, 11) is 0. The predicted molar refractivity (Wildman–Crippen MR) is 122 cm³/mol. The lowest BCUT2D eigenvalue weighted by molar-refractivity contribution is -0.135. The molecule has 1 amide bonds. The zero-order valence-corrected chi connectivity index (χ0v) is 19.0. The van der Waals surface area contributed by atoms with Gasteiger partial charge >= 0.3 is 0 Å². The summed E-state index contributed by atoms with van der Waals surface area (Å²) in [6.45, 7) is 8.28. The number of benzene rings is 1. The Bertz CT molecular complexity index is 556. The second kappa shape index (κ2) is 13.7. The molecule has 0 bridgehead atoms. The molecule has 8 heteroatoms. The maximum atomic E-state index is 13.1. The minimum Gasteiger partial charge on any atom is -0.379 e. The number of halogens is 2. The highest BCUT2D eigenvalue weighted by Gasteiger charge is 2.26. The van der Waals surface area contributed by atoms with E-state index >= 15 is 0 Å². The molecule has 0 aliphatic carbocycles. The largest absolute Gasteiger partial charge is 0.379 e. The Morgan fingerprint density at radius 2 is 2.00 bits per heavy atom. The van der Waals surface area contributed by atoms with E-state index in [9.17, 15) is 4.79 Å². The van der Waals surface area contributed by atoms with Crippen molar-refractivity contribution in [3.63, 3.8) is 0 Å². The van der Waals surface area contributed by atoms with Crippen LogP contribution >= 0.6 is 36.6 Å². The van der Waals surface area contributed by atoms with Gasteiger partial charge in [0.1, 0.15) is 0 Å². The van der Waals surface area contributed by atoms with Gasteiger partial charge in [0.25, 0.3) is 0 Å². The van der Waals surface area contributed by atoms with Crippen LogP contribution in [0.3, 0.4) is 0 Å². The van der Waals surface area contributed by atoms with E-state index in [0.29, 0.717) is 19.0 Å². The Hall–Kier alpha value is -0.500. The molecule has 2 unspecified atom stereocenters. The number of rotatable bonds is 7. The monoisotopic (exact) mass is 449 g/mol. The lowest BCUT2D eigenvalue weighted by Gasteiger charge is -2.36. The predicted octanol–water partition coefficient (Wildman–Crippen LogP) is 2.67. The van der Waals surface area contributed by atoms with E-state index in [1.807, 2.05) is 30.0 Å². The van der Waals surface area contributed by atoms with Gasteiger partial charge in [-0.05, 0) is 12.5 Å². The molecule has 5 nitrogen and oxygen atoms in total. The van der Waals surface area contributed by atoms with Crippen LogP contribution in [0.4, 0.5) is 0 Å². The van der Waals surface area contributed by atoms with Gasteiger partial charge in [0, 0.05) is 62.7 Å². The molecule has 3 rings (SSSR count). The summed E-state index contributed by atoms with van der Waals surface area (Å²) in [5.41, 5.74) is 1.20. The molecule has 0 aromatic heterocycles. The van der Waals surface area contributed by atoms with Gasteiger partial charge in [0.15, 0.2) is 0 Å². The van der Waals surface area contributed by atoms with E-state index in [0.717, 1.165) is 50.9 Å². The smallest absolute Gasteiger partial charge is 0.224 e. The zero-order valence-electron chi connectivity index (χ0n) is 16.5. The molecule has 1 aromatic rings. The Morgan fingerprint density at radius 1 is 1.29 bits per heavy atom. The summed E-state index contributed by atoms with van der Waals surface area (Å²) in [5, 5.41) is 3.49. The topological polar surface area (TPSA) is 44.8 Å². The first-order valence-corrected chi connectivity index (χ1v) is 10.8. The number of nitrogens with zero attached hydrogens (tertiary/aromatic N) is 2. The third-order valence-corrected chi connectivity index (χ3v) is 6.22. The molecule has 28 heavy (non-hydrogen) atoms. The first-order valence-electron chi connectivity index (χ1n) is 9.67. The normalized spacial score (nSPS) is 21.1. The maximum absolute atomic E-state index is 13.1. The number of carbonyl (C=O) groups is 1. The average molecular weight is 450 g/mol. The van der Waals surface area contributed by atoms with Crippen LogP contribution in [0.25, 0.3) is 0 Å². The second-order valence-electron chi connectivity index (χ2n) is 7.20. The van der Waals surface area contributed by atoms with E-state index in [1.165, 1.54) is 5.56 Å². The van der Waals surface area contributed by atoms with Crippen LogP contribution in [0.5, 0.6) is 0 Å². The molecule has 0 radical (unpaired) electrons. The Labute approximate surface area is 185 Å². The van der Waals surface area contributed by atoms with Gasteiger partial charge in [-0.25, -0.2) is 0 Å². The quantitative estimate of drug-likeness (QED) is 0.692. The third-order valence-electron chi connectivity index (χ3n) is 5.09. The van der Waals surface area contributed by atoms with Crippen molar-refractivity contribution in [1.29, 1.82) is 0 Å². The van der Waals surface area contributed by atoms with Crippen LogP contribution in [0.15, 0.2) is 30.3 Å². The summed E-state index contributed by atoms with van der Waals surface area (Å²) in [4.78, 5) is 17.6. The number of thioether (sulfide) groups is 1. The standard InChI is InChI=1S/C20H31N3O2S.2ClH/c1-17(14-22-8-10-25-11-9-22)23(15-18-5-3-2-4-6-18)20(24)13-19-16-26-12-7-21-19;;/h2-6,17,19,21H,7-16H2,1H3;2*1H. The van der Waals surface area contributed by atoms with Gasteiger partial charge in [-0.15, -0.1) is 24.8 Å². The molecular formula is C20H33Cl2N3O2S. The van der Waals surface area contributed by atoms with Gasteiger partial charge < -0.3 is 15.0 Å². The van der Waals surface area contributed by atoms with Crippen LogP contribution in [-0.4, -0.2) is 78.7 Å².